The fraction of sp³-hybridized carbons (Fsp3) is 0.435. The molecule has 0 unspecified atom stereocenters. The van der Waals surface area contributed by atoms with Gasteiger partial charge in [0, 0.05) is 17.3 Å². The largest absolute Gasteiger partial charge is 0.389 e. The van der Waals surface area contributed by atoms with Gasteiger partial charge in [0.2, 0.25) is 5.91 Å². The Morgan fingerprint density at radius 2 is 1.86 bits per heavy atom. The van der Waals surface area contributed by atoms with Crippen LogP contribution < -0.4 is 10.2 Å². The summed E-state index contributed by atoms with van der Waals surface area (Å²) in [6, 6.07) is 15.1. The summed E-state index contributed by atoms with van der Waals surface area (Å²) in [4.78, 5) is 15.8. The highest BCUT2D eigenvalue weighted by atomic mass is 35.5. The van der Waals surface area contributed by atoms with Crippen LogP contribution in [-0.2, 0) is 10.2 Å². The van der Waals surface area contributed by atoms with Crippen LogP contribution in [0.15, 0.2) is 48.5 Å². The molecule has 2 atom stereocenters. The molecule has 4 nitrogen and oxygen atoms in total. The van der Waals surface area contributed by atoms with Crippen molar-refractivity contribution in [3.8, 4) is 0 Å². The van der Waals surface area contributed by atoms with Crippen molar-refractivity contribution in [2.45, 2.75) is 49.7 Å². The average molecular weight is 399 g/mol. The molecule has 1 spiro atoms. The summed E-state index contributed by atoms with van der Waals surface area (Å²) < 4.78 is 0. The maximum absolute atomic E-state index is 13.9. The Labute approximate surface area is 171 Å². The lowest BCUT2D eigenvalue weighted by Gasteiger charge is -2.36. The van der Waals surface area contributed by atoms with E-state index >= 15 is 0 Å². The lowest BCUT2D eigenvalue weighted by Crippen LogP contribution is -2.47. The highest BCUT2D eigenvalue weighted by Crippen LogP contribution is 2.53. The zero-order chi connectivity index (χ0) is 19.7. The Hall–Kier alpha value is -1.88. The van der Waals surface area contributed by atoms with Crippen molar-refractivity contribution in [3.05, 3.63) is 64.7 Å². The SMILES string of the molecule is CNC[C@@H](O)[C@H](c1ccccc1)N1C(=O)C2(CCCCC2)c2cc(Cl)ccc21. The summed E-state index contributed by atoms with van der Waals surface area (Å²) >= 11 is 6.34. The predicted octanol–water partition coefficient (Wildman–Crippen LogP) is 4.21. The van der Waals surface area contributed by atoms with Crippen LogP contribution in [0.4, 0.5) is 5.69 Å². The first-order valence-electron chi connectivity index (χ1n) is 10.1. The number of fused-ring (bicyclic) bond motifs is 2. The molecule has 4 rings (SSSR count). The van der Waals surface area contributed by atoms with Crippen molar-refractivity contribution in [2.75, 3.05) is 18.5 Å². The molecule has 0 radical (unpaired) electrons. The van der Waals surface area contributed by atoms with Gasteiger partial charge in [0.15, 0.2) is 0 Å². The maximum atomic E-state index is 13.9. The Bertz CT molecular complexity index is 849. The number of carbonyl (C=O) groups excluding carboxylic acids is 1. The molecule has 28 heavy (non-hydrogen) atoms. The van der Waals surface area contributed by atoms with Crippen molar-refractivity contribution >= 4 is 23.2 Å². The smallest absolute Gasteiger partial charge is 0.238 e. The highest BCUT2D eigenvalue weighted by Gasteiger charge is 2.53. The Morgan fingerprint density at radius 1 is 1.14 bits per heavy atom. The summed E-state index contributed by atoms with van der Waals surface area (Å²) in [5.74, 6) is 0.105. The van der Waals surface area contributed by atoms with Crippen LogP contribution in [0.5, 0.6) is 0 Å². The number of benzene rings is 2. The van der Waals surface area contributed by atoms with E-state index in [1.165, 1.54) is 0 Å². The summed E-state index contributed by atoms with van der Waals surface area (Å²) in [7, 11) is 1.81. The fourth-order valence-corrected chi connectivity index (χ4v) is 5.16. The normalized spacial score (nSPS) is 20.2. The van der Waals surface area contributed by atoms with E-state index in [1.807, 2.05) is 60.5 Å². The molecule has 1 saturated carbocycles. The van der Waals surface area contributed by atoms with Crippen LogP contribution in [0.2, 0.25) is 5.02 Å². The number of amides is 1. The van der Waals surface area contributed by atoms with Crippen LogP contribution in [0.25, 0.3) is 0 Å². The number of hydrogen-bond acceptors (Lipinski definition) is 3. The molecule has 1 fully saturated rings. The first kappa shape index (κ1) is 19.4. The summed E-state index contributed by atoms with van der Waals surface area (Å²) in [6.07, 6.45) is 4.22. The van der Waals surface area contributed by atoms with Gasteiger partial charge in [-0.2, -0.15) is 0 Å². The first-order valence-corrected chi connectivity index (χ1v) is 10.5. The van der Waals surface area contributed by atoms with Gasteiger partial charge >= 0.3 is 0 Å². The van der Waals surface area contributed by atoms with Crippen molar-refractivity contribution in [1.82, 2.24) is 5.32 Å². The zero-order valence-corrected chi connectivity index (χ0v) is 17.0. The summed E-state index contributed by atoms with van der Waals surface area (Å²) in [6.45, 7) is 0.402. The quantitative estimate of drug-likeness (QED) is 0.793. The third-order valence-corrected chi connectivity index (χ3v) is 6.50. The number of nitrogens with one attached hydrogen (secondary N) is 1. The van der Waals surface area contributed by atoms with Crippen molar-refractivity contribution in [3.63, 3.8) is 0 Å². The van der Waals surface area contributed by atoms with Gasteiger partial charge in [-0.3, -0.25) is 4.79 Å². The van der Waals surface area contributed by atoms with Gasteiger partial charge in [0.1, 0.15) is 0 Å². The Balaban J connectivity index is 1.86. The molecular weight excluding hydrogens is 372 g/mol. The minimum absolute atomic E-state index is 0.105. The van der Waals surface area contributed by atoms with E-state index in [4.69, 9.17) is 11.6 Å². The molecule has 0 saturated heterocycles. The van der Waals surface area contributed by atoms with Crippen LogP contribution in [0.1, 0.15) is 49.3 Å². The Kier molecular flexibility index (Phi) is 5.46. The molecule has 1 aliphatic heterocycles. The number of halogens is 1. The molecule has 2 aromatic carbocycles. The van der Waals surface area contributed by atoms with Gasteiger partial charge < -0.3 is 15.3 Å². The van der Waals surface area contributed by atoms with E-state index in [9.17, 15) is 9.90 Å². The van der Waals surface area contributed by atoms with Crippen LogP contribution in [0, 0.1) is 0 Å². The number of anilines is 1. The lowest BCUT2D eigenvalue weighted by molar-refractivity contribution is -0.125. The van der Waals surface area contributed by atoms with E-state index in [0.717, 1.165) is 48.9 Å². The molecule has 2 N–H and O–H groups in total. The second-order valence-corrected chi connectivity index (χ2v) is 8.40. The molecule has 1 heterocycles. The third kappa shape index (κ3) is 3.14. The number of aliphatic hydroxyl groups excluding tert-OH is 1. The van der Waals surface area contributed by atoms with E-state index in [2.05, 4.69) is 5.32 Å². The number of hydrogen-bond donors (Lipinski definition) is 2. The van der Waals surface area contributed by atoms with E-state index in [1.54, 1.807) is 0 Å². The second-order valence-electron chi connectivity index (χ2n) is 7.96. The van der Waals surface area contributed by atoms with E-state index in [0.29, 0.717) is 11.6 Å². The first-order chi connectivity index (χ1) is 13.6. The Morgan fingerprint density at radius 3 is 2.54 bits per heavy atom. The topological polar surface area (TPSA) is 52.6 Å². The number of nitrogens with zero attached hydrogens (tertiary/aromatic N) is 1. The number of likely N-dealkylation sites (N-methyl/N-ethyl adjacent to an activating group) is 1. The second kappa shape index (κ2) is 7.86. The minimum Gasteiger partial charge on any atom is -0.389 e. The number of carbonyl (C=O) groups is 1. The van der Waals surface area contributed by atoms with Gasteiger partial charge in [-0.1, -0.05) is 61.2 Å². The van der Waals surface area contributed by atoms with Crippen molar-refractivity contribution in [2.24, 2.45) is 0 Å². The monoisotopic (exact) mass is 398 g/mol. The van der Waals surface area contributed by atoms with Crippen molar-refractivity contribution in [1.29, 1.82) is 0 Å². The molecule has 0 bridgehead atoms. The summed E-state index contributed by atoms with van der Waals surface area (Å²) in [5.41, 5.74) is 2.35. The van der Waals surface area contributed by atoms with Crippen molar-refractivity contribution < 1.29 is 9.90 Å². The van der Waals surface area contributed by atoms with Gasteiger partial charge in [-0.25, -0.2) is 0 Å². The standard InChI is InChI=1S/C23H27ClN2O2/c1-25-15-20(27)21(16-8-4-2-5-9-16)26-19-11-10-17(24)14-18(19)23(22(26)28)12-6-3-7-13-23/h2,4-5,8-11,14,20-21,25,27H,3,6-7,12-13,15H2,1H3/t20-,21+/m1/s1. The van der Waals surface area contributed by atoms with Gasteiger partial charge in [-0.15, -0.1) is 0 Å². The minimum atomic E-state index is -0.724. The molecule has 1 aliphatic carbocycles. The van der Waals surface area contributed by atoms with E-state index in [-0.39, 0.29) is 5.91 Å². The average Bonchev–Trinajstić information content (AvgIpc) is 2.93. The van der Waals surface area contributed by atoms with Crippen LogP contribution >= 0.6 is 11.6 Å². The number of rotatable bonds is 5. The molecule has 2 aliphatic rings. The summed E-state index contributed by atoms with van der Waals surface area (Å²) in [5, 5.41) is 14.7. The molecular formula is C23H27ClN2O2. The third-order valence-electron chi connectivity index (χ3n) is 6.27. The maximum Gasteiger partial charge on any atom is 0.238 e. The van der Waals surface area contributed by atoms with Gasteiger partial charge in [0.05, 0.1) is 17.6 Å². The molecule has 1 amide bonds. The molecule has 2 aromatic rings. The fourth-order valence-electron chi connectivity index (χ4n) is 4.99. The zero-order valence-electron chi connectivity index (χ0n) is 16.2. The van der Waals surface area contributed by atoms with Crippen LogP contribution in [-0.4, -0.2) is 30.7 Å². The number of aliphatic hydroxyl groups is 1. The highest BCUT2D eigenvalue weighted by molar-refractivity contribution is 6.31. The lowest BCUT2D eigenvalue weighted by atomic mass is 9.70. The van der Waals surface area contributed by atoms with E-state index < -0.39 is 17.6 Å². The molecule has 148 valence electrons. The van der Waals surface area contributed by atoms with Gasteiger partial charge in [-0.05, 0) is 49.2 Å². The van der Waals surface area contributed by atoms with Crippen LogP contribution in [0.3, 0.4) is 0 Å². The van der Waals surface area contributed by atoms with Gasteiger partial charge in [0.25, 0.3) is 0 Å². The predicted molar refractivity (Wildman–Crippen MR) is 113 cm³/mol. The molecule has 0 aromatic heterocycles. The molecule has 5 heteroatoms.